The van der Waals surface area contributed by atoms with Gasteiger partial charge in [-0.2, -0.15) is 0 Å². The number of oxazole rings is 1. The zero-order chi connectivity index (χ0) is 18.9. The predicted octanol–water partition coefficient (Wildman–Crippen LogP) is 4.03. The molecule has 4 aromatic rings. The summed E-state index contributed by atoms with van der Waals surface area (Å²) in [7, 11) is 0. The summed E-state index contributed by atoms with van der Waals surface area (Å²) in [4.78, 5) is 23.4. The van der Waals surface area contributed by atoms with Gasteiger partial charge in [-0.05, 0) is 49.2 Å². The maximum atomic E-state index is 12.8. The summed E-state index contributed by atoms with van der Waals surface area (Å²) in [6.07, 6.45) is 7.10. The Morgan fingerprint density at radius 1 is 1.04 bits per heavy atom. The van der Waals surface area contributed by atoms with Gasteiger partial charge in [-0.15, -0.1) is 0 Å². The largest absolute Gasteiger partial charge is 0.440 e. The molecular formula is C22H20N4O2. The number of hydrogen-bond acceptors (Lipinski definition) is 4. The lowest BCUT2D eigenvalue weighted by molar-refractivity contribution is 0.0707. The SMILES string of the molecule is O=C(c1ccc(-n2ccnc2)cc1)N1CCC(c2nc3ccccc3o2)CC1. The topological polar surface area (TPSA) is 64.2 Å². The predicted molar refractivity (Wildman–Crippen MR) is 105 cm³/mol. The minimum atomic E-state index is 0.0770. The second-order valence-corrected chi connectivity index (χ2v) is 7.10. The minimum Gasteiger partial charge on any atom is -0.440 e. The van der Waals surface area contributed by atoms with Gasteiger partial charge in [0.15, 0.2) is 11.5 Å². The van der Waals surface area contributed by atoms with Crippen LogP contribution in [0.2, 0.25) is 0 Å². The van der Waals surface area contributed by atoms with Crippen LogP contribution in [0.1, 0.15) is 35.0 Å². The highest BCUT2D eigenvalue weighted by Crippen LogP contribution is 2.30. The number of carbonyl (C=O) groups is 1. The third-order valence-corrected chi connectivity index (χ3v) is 5.36. The molecule has 3 heterocycles. The highest BCUT2D eigenvalue weighted by atomic mass is 16.3. The lowest BCUT2D eigenvalue weighted by Crippen LogP contribution is -2.38. The van der Waals surface area contributed by atoms with E-state index in [1.807, 2.05) is 64.2 Å². The standard InChI is InChI=1S/C22H20N4O2/c27-22(17-5-7-18(8-6-17)26-14-11-23-15-26)25-12-9-16(10-13-25)21-24-19-3-1-2-4-20(19)28-21/h1-8,11,14-16H,9-10,12-13H2. The molecule has 2 aromatic carbocycles. The number of hydrogen-bond donors (Lipinski definition) is 0. The Morgan fingerprint density at radius 3 is 2.54 bits per heavy atom. The van der Waals surface area contributed by atoms with Gasteiger partial charge < -0.3 is 13.9 Å². The van der Waals surface area contributed by atoms with Crippen LogP contribution in [0.5, 0.6) is 0 Å². The Kier molecular flexibility index (Phi) is 4.16. The fraction of sp³-hybridized carbons (Fsp3) is 0.227. The summed E-state index contributed by atoms with van der Waals surface area (Å²) in [5.41, 5.74) is 3.43. The van der Waals surface area contributed by atoms with Gasteiger partial charge in [-0.25, -0.2) is 9.97 Å². The number of fused-ring (bicyclic) bond motifs is 1. The van der Waals surface area contributed by atoms with E-state index < -0.39 is 0 Å². The van der Waals surface area contributed by atoms with Gasteiger partial charge in [0.1, 0.15) is 5.52 Å². The molecule has 1 amide bonds. The maximum absolute atomic E-state index is 12.8. The quantitative estimate of drug-likeness (QED) is 0.545. The van der Waals surface area contributed by atoms with E-state index in [4.69, 9.17) is 4.42 Å². The first kappa shape index (κ1) is 16.7. The number of carbonyl (C=O) groups excluding carboxylic acids is 1. The molecule has 5 rings (SSSR count). The first-order chi connectivity index (χ1) is 13.8. The summed E-state index contributed by atoms with van der Waals surface area (Å²) in [5, 5.41) is 0. The van der Waals surface area contributed by atoms with Crippen molar-refractivity contribution in [3.63, 3.8) is 0 Å². The van der Waals surface area contributed by atoms with Crippen molar-refractivity contribution in [2.24, 2.45) is 0 Å². The number of likely N-dealkylation sites (tertiary alicyclic amines) is 1. The van der Waals surface area contributed by atoms with Crippen LogP contribution in [0.25, 0.3) is 16.8 Å². The van der Waals surface area contributed by atoms with Crippen molar-refractivity contribution in [1.82, 2.24) is 19.4 Å². The normalized spacial score (nSPS) is 15.2. The van der Waals surface area contributed by atoms with Crippen LogP contribution in [0.15, 0.2) is 71.7 Å². The van der Waals surface area contributed by atoms with Crippen molar-refractivity contribution in [2.45, 2.75) is 18.8 Å². The van der Waals surface area contributed by atoms with Crippen LogP contribution in [0.3, 0.4) is 0 Å². The fourth-order valence-corrected chi connectivity index (χ4v) is 3.76. The van der Waals surface area contributed by atoms with E-state index in [0.29, 0.717) is 18.7 Å². The van der Waals surface area contributed by atoms with Gasteiger partial charge in [-0.3, -0.25) is 4.79 Å². The Morgan fingerprint density at radius 2 is 1.82 bits per heavy atom. The monoisotopic (exact) mass is 372 g/mol. The van der Waals surface area contributed by atoms with Gasteiger partial charge in [0, 0.05) is 42.7 Å². The molecule has 0 N–H and O–H groups in total. The van der Waals surface area contributed by atoms with Gasteiger partial charge in [0.2, 0.25) is 0 Å². The Hall–Kier alpha value is -3.41. The molecule has 6 heteroatoms. The van der Waals surface area contributed by atoms with Gasteiger partial charge in [0.05, 0.1) is 6.33 Å². The molecule has 6 nitrogen and oxygen atoms in total. The van der Waals surface area contributed by atoms with Crippen LogP contribution in [-0.4, -0.2) is 38.4 Å². The summed E-state index contributed by atoms with van der Waals surface area (Å²) in [6, 6.07) is 15.5. The molecule has 1 saturated heterocycles. The molecular weight excluding hydrogens is 352 g/mol. The van der Waals surface area contributed by atoms with Gasteiger partial charge >= 0.3 is 0 Å². The number of benzene rings is 2. The van der Waals surface area contributed by atoms with Crippen LogP contribution in [0, 0.1) is 0 Å². The fourth-order valence-electron chi connectivity index (χ4n) is 3.76. The van der Waals surface area contributed by atoms with E-state index in [1.165, 1.54) is 0 Å². The molecule has 0 aliphatic carbocycles. The van der Waals surface area contributed by atoms with Crippen molar-refractivity contribution in [3.05, 3.63) is 78.7 Å². The van der Waals surface area contributed by atoms with E-state index in [0.717, 1.165) is 35.5 Å². The molecule has 2 aromatic heterocycles. The third-order valence-electron chi connectivity index (χ3n) is 5.36. The summed E-state index contributed by atoms with van der Waals surface area (Å²) < 4.78 is 7.83. The Bertz CT molecular complexity index is 1060. The van der Waals surface area contributed by atoms with Gasteiger partial charge in [0.25, 0.3) is 5.91 Å². The zero-order valence-corrected chi connectivity index (χ0v) is 15.4. The van der Waals surface area contributed by atoms with Crippen molar-refractivity contribution < 1.29 is 9.21 Å². The molecule has 0 unspecified atom stereocenters. The van der Waals surface area contributed by atoms with E-state index >= 15 is 0 Å². The first-order valence-electron chi connectivity index (χ1n) is 9.51. The number of imidazole rings is 1. The molecule has 28 heavy (non-hydrogen) atoms. The number of piperidine rings is 1. The molecule has 0 atom stereocenters. The highest BCUT2D eigenvalue weighted by Gasteiger charge is 2.27. The highest BCUT2D eigenvalue weighted by molar-refractivity contribution is 5.94. The van der Waals surface area contributed by atoms with Crippen LogP contribution in [0.4, 0.5) is 0 Å². The van der Waals surface area contributed by atoms with Crippen molar-refractivity contribution in [1.29, 1.82) is 0 Å². The average molecular weight is 372 g/mol. The number of amides is 1. The minimum absolute atomic E-state index is 0.0770. The van der Waals surface area contributed by atoms with Crippen LogP contribution >= 0.6 is 0 Å². The second-order valence-electron chi connectivity index (χ2n) is 7.10. The van der Waals surface area contributed by atoms with E-state index in [1.54, 1.807) is 12.5 Å². The molecule has 1 fully saturated rings. The third kappa shape index (κ3) is 3.07. The van der Waals surface area contributed by atoms with E-state index in [-0.39, 0.29) is 11.8 Å². The van der Waals surface area contributed by atoms with Crippen molar-refractivity contribution in [3.8, 4) is 5.69 Å². The zero-order valence-electron chi connectivity index (χ0n) is 15.4. The smallest absolute Gasteiger partial charge is 0.253 e. The molecule has 0 bridgehead atoms. The lowest BCUT2D eigenvalue weighted by Gasteiger charge is -2.30. The van der Waals surface area contributed by atoms with E-state index in [2.05, 4.69) is 9.97 Å². The molecule has 0 spiro atoms. The summed E-state index contributed by atoms with van der Waals surface area (Å²) in [6.45, 7) is 1.43. The van der Waals surface area contributed by atoms with Crippen LogP contribution < -0.4 is 0 Å². The number of rotatable bonds is 3. The number of para-hydroxylation sites is 2. The van der Waals surface area contributed by atoms with Crippen molar-refractivity contribution in [2.75, 3.05) is 13.1 Å². The maximum Gasteiger partial charge on any atom is 0.253 e. The van der Waals surface area contributed by atoms with E-state index in [9.17, 15) is 4.79 Å². The average Bonchev–Trinajstić information content (AvgIpc) is 3.43. The molecule has 1 aliphatic rings. The van der Waals surface area contributed by atoms with Crippen molar-refractivity contribution >= 4 is 17.0 Å². The lowest BCUT2D eigenvalue weighted by atomic mass is 9.96. The van der Waals surface area contributed by atoms with Crippen LogP contribution in [-0.2, 0) is 0 Å². The Balaban J connectivity index is 1.25. The molecule has 0 saturated carbocycles. The second kappa shape index (κ2) is 6.96. The molecule has 140 valence electrons. The summed E-state index contributed by atoms with van der Waals surface area (Å²) >= 11 is 0. The Labute approximate surface area is 162 Å². The summed E-state index contributed by atoms with van der Waals surface area (Å²) in [5.74, 6) is 1.13. The first-order valence-corrected chi connectivity index (χ1v) is 9.51. The van der Waals surface area contributed by atoms with Gasteiger partial charge in [-0.1, -0.05) is 12.1 Å². The molecule has 1 aliphatic heterocycles. The molecule has 0 radical (unpaired) electrons. The number of aromatic nitrogens is 3. The number of nitrogens with zero attached hydrogens (tertiary/aromatic N) is 4.